The lowest BCUT2D eigenvalue weighted by Crippen LogP contribution is -2.41. The molecular weight excluding hydrogens is 384 g/mol. The molecule has 0 bridgehead atoms. The second-order valence-corrected chi connectivity index (χ2v) is 8.51. The lowest BCUT2D eigenvalue weighted by molar-refractivity contribution is 0.0608. The molecule has 0 saturated heterocycles. The maximum Gasteiger partial charge on any atom is 0.254 e. The normalized spacial score (nSPS) is 14.4. The average molecular weight is 417 g/mol. The Hall–Kier alpha value is -3.01. The van der Waals surface area contributed by atoms with Gasteiger partial charge in [0.2, 0.25) is 0 Å². The number of aryl methyl sites for hydroxylation is 1. The number of methoxy groups -OCH3 is 1. The van der Waals surface area contributed by atoms with Crippen LogP contribution in [0.3, 0.4) is 0 Å². The van der Waals surface area contributed by atoms with E-state index in [0.717, 1.165) is 30.7 Å². The monoisotopic (exact) mass is 416 g/mol. The van der Waals surface area contributed by atoms with Crippen LogP contribution in [-0.2, 0) is 13.1 Å². The summed E-state index contributed by atoms with van der Waals surface area (Å²) in [6.07, 6.45) is 7.95. The fourth-order valence-corrected chi connectivity index (χ4v) is 4.55. The van der Waals surface area contributed by atoms with E-state index >= 15 is 0 Å². The molecule has 162 valence electrons. The van der Waals surface area contributed by atoms with E-state index in [-0.39, 0.29) is 5.91 Å². The van der Waals surface area contributed by atoms with Crippen molar-refractivity contribution in [3.63, 3.8) is 0 Å². The highest BCUT2D eigenvalue weighted by Gasteiger charge is 2.27. The molecule has 1 amide bonds. The fourth-order valence-electron chi connectivity index (χ4n) is 4.55. The molecule has 0 N–H and O–H groups in total. The van der Waals surface area contributed by atoms with E-state index in [1.807, 2.05) is 24.3 Å². The Morgan fingerprint density at radius 2 is 1.74 bits per heavy atom. The van der Waals surface area contributed by atoms with Crippen molar-refractivity contribution in [2.45, 2.75) is 58.2 Å². The summed E-state index contributed by atoms with van der Waals surface area (Å²) in [4.78, 5) is 15.7. The zero-order valence-electron chi connectivity index (χ0n) is 18.6. The van der Waals surface area contributed by atoms with E-state index in [4.69, 9.17) is 4.74 Å². The van der Waals surface area contributed by atoms with Crippen molar-refractivity contribution in [2.75, 3.05) is 7.11 Å². The van der Waals surface area contributed by atoms with Gasteiger partial charge in [-0.15, -0.1) is 0 Å². The molecule has 1 aromatic heterocycles. The van der Waals surface area contributed by atoms with E-state index in [1.54, 1.807) is 7.11 Å². The molecule has 0 unspecified atom stereocenters. The van der Waals surface area contributed by atoms with Gasteiger partial charge in [0.05, 0.1) is 13.7 Å². The second-order valence-electron chi connectivity index (χ2n) is 8.51. The van der Waals surface area contributed by atoms with E-state index < -0.39 is 0 Å². The van der Waals surface area contributed by atoms with E-state index in [9.17, 15) is 4.79 Å². The molecule has 0 spiro atoms. The van der Waals surface area contributed by atoms with Gasteiger partial charge in [-0.3, -0.25) is 4.79 Å². The summed E-state index contributed by atoms with van der Waals surface area (Å²) in [7, 11) is 1.65. The fraction of sp³-hybridized carbons (Fsp3) is 0.370. The van der Waals surface area contributed by atoms with Gasteiger partial charge in [-0.2, -0.15) is 0 Å². The summed E-state index contributed by atoms with van der Waals surface area (Å²) in [6.45, 7) is 3.61. The van der Waals surface area contributed by atoms with Crippen LogP contribution >= 0.6 is 0 Å². The first-order valence-corrected chi connectivity index (χ1v) is 11.3. The van der Waals surface area contributed by atoms with E-state index in [0.29, 0.717) is 12.6 Å². The molecule has 2 aromatic carbocycles. The van der Waals surface area contributed by atoms with Crippen LogP contribution in [0.15, 0.2) is 66.9 Å². The number of aromatic nitrogens is 1. The van der Waals surface area contributed by atoms with Crippen LogP contribution in [0, 0.1) is 6.92 Å². The standard InChI is InChI=1S/C27H32N2O2/c1-21-9-6-7-10-23(21)19-28-18-8-13-25(28)20-29(24-11-4-3-5-12-24)27(30)22-14-16-26(31-2)17-15-22/h6-10,13-18,24H,3-5,11-12,19-20H2,1-2H3. The van der Waals surface area contributed by atoms with Crippen molar-refractivity contribution in [1.82, 2.24) is 9.47 Å². The number of benzene rings is 2. The number of carbonyl (C=O) groups is 1. The van der Waals surface area contributed by atoms with Crippen LogP contribution in [0.5, 0.6) is 5.75 Å². The molecule has 1 aliphatic carbocycles. The maximum atomic E-state index is 13.6. The number of amides is 1. The third kappa shape index (κ3) is 5.01. The largest absolute Gasteiger partial charge is 0.497 e. The summed E-state index contributed by atoms with van der Waals surface area (Å²) in [5.41, 5.74) is 4.50. The first-order valence-electron chi connectivity index (χ1n) is 11.3. The maximum absolute atomic E-state index is 13.6. The second kappa shape index (κ2) is 9.86. The van der Waals surface area contributed by atoms with Crippen LogP contribution in [0.4, 0.5) is 0 Å². The number of ether oxygens (including phenoxy) is 1. The van der Waals surface area contributed by atoms with Crippen molar-refractivity contribution >= 4 is 5.91 Å². The predicted molar refractivity (Wildman–Crippen MR) is 124 cm³/mol. The van der Waals surface area contributed by atoms with Gasteiger partial charge in [-0.1, -0.05) is 43.5 Å². The Bertz CT molecular complexity index is 1000. The van der Waals surface area contributed by atoms with Gasteiger partial charge in [0.1, 0.15) is 5.75 Å². The number of hydrogen-bond acceptors (Lipinski definition) is 2. The molecule has 31 heavy (non-hydrogen) atoms. The minimum atomic E-state index is 0.109. The molecule has 1 heterocycles. The van der Waals surface area contributed by atoms with Crippen molar-refractivity contribution < 1.29 is 9.53 Å². The summed E-state index contributed by atoms with van der Waals surface area (Å²) in [6, 6.07) is 20.5. The highest BCUT2D eigenvalue weighted by atomic mass is 16.5. The Kier molecular flexibility index (Phi) is 6.76. The zero-order valence-corrected chi connectivity index (χ0v) is 18.6. The van der Waals surface area contributed by atoms with Gasteiger partial charge >= 0.3 is 0 Å². The van der Waals surface area contributed by atoms with Gasteiger partial charge in [-0.05, 0) is 67.3 Å². The van der Waals surface area contributed by atoms with Gasteiger partial charge < -0.3 is 14.2 Å². The van der Waals surface area contributed by atoms with Crippen molar-refractivity contribution in [1.29, 1.82) is 0 Å². The Balaban J connectivity index is 1.59. The van der Waals surface area contributed by atoms with Crippen molar-refractivity contribution in [3.8, 4) is 5.75 Å². The number of hydrogen-bond donors (Lipinski definition) is 0. The molecule has 0 atom stereocenters. The first kappa shape index (κ1) is 21.2. The quantitative estimate of drug-likeness (QED) is 0.486. The molecule has 4 rings (SSSR count). The van der Waals surface area contributed by atoms with E-state index in [2.05, 4.69) is 59.0 Å². The number of nitrogens with zero attached hydrogens (tertiary/aromatic N) is 2. The predicted octanol–water partition coefficient (Wildman–Crippen LogP) is 5.83. The van der Waals surface area contributed by atoms with Crippen LogP contribution in [0.2, 0.25) is 0 Å². The van der Waals surface area contributed by atoms with Gasteiger partial charge in [-0.25, -0.2) is 0 Å². The van der Waals surface area contributed by atoms with Crippen LogP contribution in [-0.4, -0.2) is 28.5 Å². The molecule has 4 heteroatoms. The lowest BCUT2D eigenvalue weighted by Gasteiger charge is -2.35. The summed E-state index contributed by atoms with van der Waals surface area (Å²) in [5.74, 6) is 0.881. The van der Waals surface area contributed by atoms with Crippen LogP contribution < -0.4 is 4.74 Å². The third-order valence-electron chi connectivity index (χ3n) is 6.47. The summed E-state index contributed by atoms with van der Waals surface area (Å²) < 4.78 is 7.54. The van der Waals surface area contributed by atoms with Gasteiger partial charge in [0.25, 0.3) is 5.91 Å². The Labute approximate surface area is 185 Å². The third-order valence-corrected chi connectivity index (χ3v) is 6.47. The van der Waals surface area contributed by atoms with Crippen LogP contribution in [0.25, 0.3) is 0 Å². The molecule has 3 aromatic rings. The van der Waals surface area contributed by atoms with Gasteiger partial charge in [0, 0.05) is 30.0 Å². The van der Waals surface area contributed by atoms with Crippen molar-refractivity contribution in [2.24, 2.45) is 0 Å². The smallest absolute Gasteiger partial charge is 0.254 e. The molecular formula is C27H32N2O2. The lowest BCUT2D eigenvalue weighted by atomic mass is 9.93. The SMILES string of the molecule is COc1ccc(C(=O)N(Cc2cccn2Cc2ccccc2C)C2CCCCC2)cc1. The minimum absolute atomic E-state index is 0.109. The zero-order chi connectivity index (χ0) is 21.6. The van der Waals surface area contributed by atoms with Gasteiger partial charge in [0.15, 0.2) is 0 Å². The number of rotatable bonds is 7. The average Bonchev–Trinajstić information content (AvgIpc) is 3.26. The highest BCUT2D eigenvalue weighted by Crippen LogP contribution is 2.27. The Morgan fingerprint density at radius 1 is 1.00 bits per heavy atom. The summed E-state index contributed by atoms with van der Waals surface area (Å²) in [5, 5.41) is 0. The summed E-state index contributed by atoms with van der Waals surface area (Å²) >= 11 is 0. The molecule has 0 aliphatic heterocycles. The molecule has 1 aliphatic rings. The first-order chi connectivity index (χ1) is 15.2. The highest BCUT2D eigenvalue weighted by molar-refractivity contribution is 5.94. The minimum Gasteiger partial charge on any atom is -0.497 e. The van der Waals surface area contributed by atoms with Crippen LogP contribution in [0.1, 0.15) is 59.3 Å². The molecule has 4 nitrogen and oxygen atoms in total. The molecule has 0 radical (unpaired) electrons. The topological polar surface area (TPSA) is 34.5 Å². The molecule has 1 fully saturated rings. The molecule has 1 saturated carbocycles. The Morgan fingerprint density at radius 3 is 2.45 bits per heavy atom. The van der Waals surface area contributed by atoms with E-state index in [1.165, 1.54) is 36.1 Å². The number of carbonyl (C=O) groups excluding carboxylic acids is 1. The van der Waals surface area contributed by atoms with Crippen molar-refractivity contribution in [3.05, 3.63) is 89.2 Å².